The summed E-state index contributed by atoms with van der Waals surface area (Å²) in [5.74, 6) is -0.856. The molecule has 0 unspecified atom stereocenters. The summed E-state index contributed by atoms with van der Waals surface area (Å²) in [5.41, 5.74) is 6.60. The van der Waals surface area contributed by atoms with Gasteiger partial charge in [0.25, 0.3) is 0 Å². The van der Waals surface area contributed by atoms with Crippen LogP contribution in [0.3, 0.4) is 0 Å². The SMILES string of the molecule is N#Cc1ccc(F)cc1COc1cc(F)c(Br)cc1N. The molecule has 0 heterocycles. The molecule has 0 bridgehead atoms. The molecule has 0 fully saturated rings. The molecule has 0 aliphatic rings. The standard InChI is InChI=1S/C14H9BrF2N2O/c15-11-4-13(19)14(5-12(11)17)20-7-9-3-10(16)2-1-8(9)6-18/h1-5H,7,19H2. The van der Waals surface area contributed by atoms with Crippen molar-refractivity contribution in [1.82, 2.24) is 0 Å². The summed E-state index contributed by atoms with van der Waals surface area (Å²) in [5, 5.41) is 8.92. The van der Waals surface area contributed by atoms with Crippen molar-refractivity contribution in [2.45, 2.75) is 6.61 Å². The van der Waals surface area contributed by atoms with Crippen LogP contribution >= 0.6 is 15.9 Å². The van der Waals surface area contributed by atoms with Crippen LogP contribution in [0.2, 0.25) is 0 Å². The average Bonchev–Trinajstić information content (AvgIpc) is 2.41. The van der Waals surface area contributed by atoms with Crippen LogP contribution in [-0.4, -0.2) is 0 Å². The summed E-state index contributed by atoms with van der Waals surface area (Å²) < 4.78 is 32.1. The Labute approximate surface area is 122 Å². The van der Waals surface area contributed by atoms with Crippen molar-refractivity contribution in [2.75, 3.05) is 5.73 Å². The highest BCUT2D eigenvalue weighted by molar-refractivity contribution is 9.10. The van der Waals surface area contributed by atoms with Crippen LogP contribution in [-0.2, 0) is 6.61 Å². The van der Waals surface area contributed by atoms with Crippen molar-refractivity contribution in [1.29, 1.82) is 5.26 Å². The van der Waals surface area contributed by atoms with Crippen molar-refractivity contribution in [3.63, 3.8) is 0 Å². The summed E-state index contributed by atoms with van der Waals surface area (Å²) in [6.45, 7) is -0.0775. The Morgan fingerprint density at radius 1 is 1.25 bits per heavy atom. The lowest BCUT2D eigenvalue weighted by molar-refractivity contribution is 0.305. The van der Waals surface area contributed by atoms with Gasteiger partial charge in [0, 0.05) is 11.6 Å². The average molecular weight is 339 g/mol. The van der Waals surface area contributed by atoms with E-state index < -0.39 is 11.6 Å². The second kappa shape index (κ2) is 5.88. The lowest BCUT2D eigenvalue weighted by Crippen LogP contribution is -2.02. The zero-order valence-corrected chi connectivity index (χ0v) is 11.7. The molecule has 0 radical (unpaired) electrons. The number of nitrogens with two attached hydrogens (primary N) is 1. The molecule has 0 amide bonds. The van der Waals surface area contributed by atoms with Gasteiger partial charge in [-0.3, -0.25) is 0 Å². The third kappa shape index (κ3) is 3.06. The molecule has 6 heteroatoms. The number of benzene rings is 2. The van der Waals surface area contributed by atoms with Crippen LogP contribution in [0.25, 0.3) is 0 Å². The van der Waals surface area contributed by atoms with Crippen LogP contribution in [0.15, 0.2) is 34.8 Å². The minimum absolute atomic E-state index is 0.0775. The van der Waals surface area contributed by atoms with Crippen molar-refractivity contribution in [3.8, 4) is 11.8 Å². The van der Waals surface area contributed by atoms with Gasteiger partial charge in [0.15, 0.2) is 0 Å². The molecule has 0 aromatic heterocycles. The van der Waals surface area contributed by atoms with Crippen molar-refractivity contribution < 1.29 is 13.5 Å². The van der Waals surface area contributed by atoms with Gasteiger partial charge in [0.1, 0.15) is 24.0 Å². The van der Waals surface area contributed by atoms with Crippen LogP contribution in [0.1, 0.15) is 11.1 Å². The molecule has 2 aromatic carbocycles. The molecule has 0 saturated carbocycles. The molecule has 0 aliphatic heterocycles. The number of hydrogen-bond acceptors (Lipinski definition) is 3. The van der Waals surface area contributed by atoms with E-state index in [9.17, 15) is 8.78 Å². The van der Waals surface area contributed by atoms with E-state index in [4.69, 9.17) is 15.7 Å². The minimum Gasteiger partial charge on any atom is -0.487 e. The number of nitrogens with zero attached hydrogens (tertiary/aromatic N) is 1. The number of rotatable bonds is 3. The molecule has 2 rings (SSSR count). The second-order valence-corrected chi connectivity index (χ2v) is 4.86. The van der Waals surface area contributed by atoms with E-state index in [0.717, 1.165) is 6.07 Å². The zero-order valence-electron chi connectivity index (χ0n) is 10.2. The fourth-order valence-corrected chi connectivity index (χ4v) is 1.98. The maximum Gasteiger partial charge on any atom is 0.145 e. The lowest BCUT2D eigenvalue weighted by Gasteiger charge is -2.11. The highest BCUT2D eigenvalue weighted by Crippen LogP contribution is 2.29. The van der Waals surface area contributed by atoms with Gasteiger partial charge in [-0.15, -0.1) is 0 Å². The molecule has 102 valence electrons. The first-order valence-corrected chi connectivity index (χ1v) is 6.36. The normalized spacial score (nSPS) is 10.1. The van der Waals surface area contributed by atoms with Gasteiger partial charge >= 0.3 is 0 Å². The first kappa shape index (κ1) is 14.3. The Balaban J connectivity index is 2.23. The number of hydrogen-bond donors (Lipinski definition) is 1. The fraction of sp³-hybridized carbons (Fsp3) is 0.0714. The van der Waals surface area contributed by atoms with Crippen LogP contribution in [0, 0.1) is 23.0 Å². The second-order valence-electron chi connectivity index (χ2n) is 4.01. The van der Waals surface area contributed by atoms with Crippen LogP contribution in [0.4, 0.5) is 14.5 Å². The van der Waals surface area contributed by atoms with Gasteiger partial charge in [-0.25, -0.2) is 8.78 Å². The predicted molar refractivity (Wildman–Crippen MR) is 74.0 cm³/mol. The summed E-state index contributed by atoms with van der Waals surface area (Å²) in [6, 6.07) is 8.19. The van der Waals surface area contributed by atoms with E-state index in [2.05, 4.69) is 15.9 Å². The van der Waals surface area contributed by atoms with Crippen molar-refractivity contribution in [2.24, 2.45) is 0 Å². The van der Waals surface area contributed by atoms with Gasteiger partial charge in [-0.05, 0) is 40.2 Å². The highest BCUT2D eigenvalue weighted by Gasteiger charge is 2.09. The molecular weight excluding hydrogens is 330 g/mol. The lowest BCUT2D eigenvalue weighted by atomic mass is 10.1. The molecule has 0 atom stereocenters. The minimum atomic E-state index is -0.519. The molecule has 3 nitrogen and oxygen atoms in total. The smallest absolute Gasteiger partial charge is 0.145 e. The maximum absolute atomic E-state index is 13.4. The highest BCUT2D eigenvalue weighted by atomic mass is 79.9. The Kier molecular flexibility index (Phi) is 4.20. The van der Waals surface area contributed by atoms with Gasteiger partial charge in [0.2, 0.25) is 0 Å². The third-order valence-electron chi connectivity index (χ3n) is 2.62. The van der Waals surface area contributed by atoms with Crippen LogP contribution in [0.5, 0.6) is 5.75 Å². The van der Waals surface area contributed by atoms with Gasteiger partial charge < -0.3 is 10.5 Å². The Morgan fingerprint density at radius 2 is 2.00 bits per heavy atom. The molecular formula is C14H9BrF2N2O. The van der Waals surface area contributed by atoms with Crippen molar-refractivity contribution >= 4 is 21.6 Å². The van der Waals surface area contributed by atoms with E-state index in [-0.39, 0.29) is 22.5 Å². The molecule has 20 heavy (non-hydrogen) atoms. The van der Waals surface area contributed by atoms with Gasteiger partial charge in [-0.2, -0.15) is 5.26 Å². The number of halogens is 3. The van der Waals surface area contributed by atoms with E-state index in [1.165, 1.54) is 24.3 Å². The number of anilines is 1. The first-order valence-electron chi connectivity index (χ1n) is 5.57. The number of nitrogen functional groups attached to an aromatic ring is 1. The van der Waals surface area contributed by atoms with Crippen LogP contribution < -0.4 is 10.5 Å². The molecule has 2 aromatic rings. The summed E-state index contributed by atoms with van der Waals surface area (Å²) in [7, 11) is 0. The van der Waals surface area contributed by atoms with E-state index >= 15 is 0 Å². The Hall–Kier alpha value is -2.13. The largest absolute Gasteiger partial charge is 0.487 e. The van der Waals surface area contributed by atoms with E-state index in [0.29, 0.717) is 11.1 Å². The van der Waals surface area contributed by atoms with E-state index in [1.54, 1.807) is 0 Å². The summed E-state index contributed by atoms with van der Waals surface area (Å²) in [6.07, 6.45) is 0. The topological polar surface area (TPSA) is 59.0 Å². The zero-order chi connectivity index (χ0) is 14.7. The first-order chi connectivity index (χ1) is 9.51. The number of nitriles is 1. The maximum atomic E-state index is 13.4. The molecule has 0 aliphatic carbocycles. The summed E-state index contributed by atoms with van der Waals surface area (Å²) in [4.78, 5) is 0. The predicted octanol–water partition coefficient (Wildman–Crippen LogP) is 3.76. The summed E-state index contributed by atoms with van der Waals surface area (Å²) >= 11 is 3.01. The fourth-order valence-electron chi connectivity index (χ4n) is 1.62. The van der Waals surface area contributed by atoms with Crippen molar-refractivity contribution in [3.05, 3.63) is 57.6 Å². The molecule has 0 spiro atoms. The number of ether oxygens (including phenoxy) is 1. The Bertz CT molecular complexity index is 698. The van der Waals surface area contributed by atoms with Gasteiger partial charge in [0.05, 0.1) is 21.8 Å². The molecule has 0 saturated heterocycles. The molecule has 2 N–H and O–H groups in total. The quantitative estimate of drug-likeness (QED) is 0.867. The Morgan fingerprint density at radius 3 is 2.70 bits per heavy atom. The third-order valence-corrected chi connectivity index (χ3v) is 3.23. The van der Waals surface area contributed by atoms with E-state index in [1.807, 2.05) is 6.07 Å². The monoisotopic (exact) mass is 338 g/mol. The van der Waals surface area contributed by atoms with Gasteiger partial charge in [-0.1, -0.05) is 0 Å².